The first-order chi connectivity index (χ1) is 15.4. The molecule has 0 unspecified atom stereocenters. The predicted octanol–water partition coefficient (Wildman–Crippen LogP) is 6.72. The number of piperidine rings is 1. The number of imidazole rings is 1. The van der Waals surface area contributed by atoms with E-state index in [0.29, 0.717) is 24.1 Å². The van der Waals surface area contributed by atoms with Crippen LogP contribution in [0, 0.1) is 5.92 Å². The number of fused-ring (bicyclic) bond motifs is 1. The number of aromatic nitrogens is 3. The van der Waals surface area contributed by atoms with Crippen molar-refractivity contribution in [3.8, 4) is 22.4 Å². The minimum Gasteiger partial charge on any atom is -0.342 e. The van der Waals surface area contributed by atoms with Crippen LogP contribution >= 0.6 is 11.6 Å². The van der Waals surface area contributed by atoms with E-state index in [1.807, 2.05) is 65.7 Å². The van der Waals surface area contributed by atoms with Crippen LogP contribution in [0.15, 0.2) is 60.8 Å². The Labute approximate surface area is 188 Å². The van der Waals surface area contributed by atoms with Crippen LogP contribution in [0.2, 0.25) is 5.02 Å². The lowest BCUT2D eigenvalue weighted by Crippen LogP contribution is -2.39. The molecule has 0 amide bonds. The molecular weight excluding hydrogens is 437 g/mol. The smallest absolute Gasteiger partial charge is 0.342 e. The first-order valence-electron chi connectivity index (χ1n) is 10.4. The number of aromatic amines is 1. The zero-order valence-corrected chi connectivity index (χ0v) is 17.8. The Hall–Kier alpha value is -3.06. The molecule has 4 aromatic rings. The van der Waals surface area contributed by atoms with Gasteiger partial charge in [-0.2, -0.15) is 13.2 Å². The van der Waals surface area contributed by atoms with Gasteiger partial charge in [-0.1, -0.05) is 35.9 Å². The maximum Gasteiger partial charge on any atom is 0.391 e. The molecule has 32 heavy (non-hydrogen) atoms. The molecule has 0 spiro atoms. The van der Waals surface area contributed by atoms with E-state index in [1.165, 1.54) is 0 Å². The van der Waals surface area contributed by atoms with Gasteiger partial charge in [0.05, 0.1) is 22.6 Å². The van der Waals surface area contributed by atoms with Crippen LogP contribution in [0.3, 0.4) is 0 Å². The number of hydrogen-bond donors (Lipinski definition) is 1. The normalized spacial score (nSPS) is 15.4. The number of anilines is 1. The van der Waals surface area contributed by atoms with Gasteiger partial charge < -0.3 is 9.88 Å². The van der Waals surface area contributed by atoms with Crippen molar-refractivity contribution < 1.29 is 13.2 Å². The van der Waals surface area contributed by atoms with E-state index in [-0.39, 0.29) is 12.8 Å². The van der Waals surface area contributed by atoms with Crippen LogP contribution in [-0.4, -0.2) is 34.2 Å². The number of hydrogen-bond acceptors (Lipinski definition) is 3. The average Bonchev–Trinajstić information content (AvgIpc) is 3.23. The summed E-state index contributed by atoms with van der Waals surface area (Å²) in [6, 6.07) is 17.4. The fourth-order valence-electron chi connectivity index (χ4n) is 4.10. The minimum absolute atomic E-state index is 0.0929. The molecule has 2 aromatic carbocycles. The van der Waals surface area contributed by atoms with Gasteiger partial charge in [0.2, 0.25) is 5.95 Å². The molecule has 164 valence electrons. The third-order valence-corrected chi connectivity index (χ3v) is 6.22. The molecule has 3 heterocycles. The molecule has 0 radical (unpaired) electrons. The zero-order valence-electron chi connectivity index (χ0n) is 17.0. The van der Waals surface area contributed by atoms with Crippen molar-refractivity contribution in [1.82, 2.24) is 15.0 Å². The third kappa shape index (κ3) is 4.17. The van der Waals surface area contributed by atoms with Crippen molar-refractivity contribution in [3.63, 3.8) is 0 Å². The molecule has 2 aromatic heterocycles. The summed E-state index contributed by atoms with van der Waals surface area (Å²) in [4.78, 5) is 14.4. The number of pyridine rings is 1. The number of nitrogens with one attached hydrogen (secondary N) is 1. The number of rotatable bonds is 3. The number of benzene rings is 2. The molecule has 1 fully saturated rings. The Morgan fingerprint density at radius 2 is 1.59 bits per heavy atom. The van der Waals surface area contributed by atoms with Gasteiger partial charge >= 0.3 is 6.18 Å². The highest BCUT2D eigenvalue weighted by Gasteiger charge is 2.41. The first-order valence-corrected chi connectivity index (χ1v) is 10.8. The molecular formula is C24H20ClF3N4. The van der Waals surface area contributed by atoms with Crippen molar-refractivity contribution in [2.75, 3.05) is 18.0 Å². The highest BCUT2D eigenvalue weighted by atomic mass is 35.5. The SMILES string of the molecule is FC(F)(F)C1CCN(c2nc3cc(-c4ccc(-c5ccc(Cl)cc5)cn4)ccc3[nH]2)CC1. The molecule has 8 heteroatoms. The van der Waals surface area contributed by atoms with Crippen LogP contribution in [0.1, 0.15) is 12.8 Å². The first kappa shape index (κ1) is 20.8. The fourth-order valence-corrected chi connectivity index (χ4v) is 4.22. The van der Waals surface area contributed by atoms with Crippen LogP contribution in [0.4, 0.5) is 19.1 Å². The summed E-state index contributed by atoms with van der Waals surface area (Å²) < 4.78 is 38.8. The molecule has 4 nitrogen and oxygen atoms in total. The second kappa shape index (κ2) is 8.13. The van der Waals surface area contributed by atoms with Crippen molar-refractivity contribution in [1.29, 1.82) is 0 Å². The number of nitrogens with zero attached hydrogens (tertiary/aromatic N) is 3. The molecule has 5 rings (SSSR count). The van der Waals surface area contributed by atoms with Gasteiger partial charge in [0.1, 0.15) is 0 Å². The van der Waals surface area contributed by atoms with Crippen molar-refractivity contribution in [2.24, 2.45) is 5.92 Å². The van der Waals surface area contributed by atoms with Gasteiger partial charge in [-0.25, -0.2) is 4.98 Å². The predicted molar refractivity (Wildman–Crippen MR) is 121 cm³/mol. The van der Waals surface area contributed by atoms with E-state index in [4.69, 9.17) is 11.6 Å². The largest absolute Gasteiger partial charge is 0.391 e. The lowest BCUT2D eigenvalue weighted by atomic mass is 9.96. The minimum atomic E-state index is -4.12. The summed E-state index contributed by atoms with van der Waals surface area (Å²) in [6.45, 7) is 0.676. The van der Waals surface area contributed by atoms with Crippen LogP contribution in [-0.2, 0) is 0 Å². The second-order valence-corrected chi connectivity index (χ2v) is 8.47. The average molecular weight is 457 g/mol. The molecule has 0 atom stereocenters. The molecule has 0 bridgehead atoms. The molecule has 0 saturated carbocycles. The molecule has 1 aliphatic heterocycles. The Balaban J connectivity index is 1.35. The van der Waals surface area contributed by atoms with E-state index in [0.717, 1.165) is 33.4 Å². The molecule has 1 aliphatic rings. The van der Waals surface area contributed by atoms with E-state index >= 15 is 0 Å². The standard InChI is InChI=1S/C24H20ClF3N4/c25-19-5-1-15(2-6-19)17-4-7-20(29-14-17)16-3-8-21-22(13-16)31-23(30-21)32-11-9-18(10-12-32)24(26,27)28/h1-8,13-14,18H,9-12H2,(H,30,31). The summed E-state index contributed by atoms with van der Waals surface area (Å²) in [5, 5.41) is 0.690. The summed E-state index contributed by atoms with van der Waals surface area (Å²) in [5.41, 5.74) is 5.39. The van der Waals surface area contributed by atoms with E-state index in [9.17, 15) is 13.2 Å². The fraction of sp³-hybridized carbons (Fsp3) is 0.250. The summed E-state index contributed by atoms with van der Waals surface area (Å²) >= 11 is 5.96. The van der Waals surface area contributed by atoms with E-state index in [2.05, 4.69) is 15.0 Å². The summed E-state index contributed by atoms with van der Waals surface area (Å²) in [6.07, 6.45) is -2.11. The van der Waals surface area contributed by atoms with Gasteiger partial charge in [0.25, 0.3) is 0 Å². The quantitative estimate of drug-likeness (QED) is 0.372. The van der Waals surface area contributed by atoms with Gasteiger partial charge in [-0.05, 0) is 48.7 Å². The topological polar surface area (TPSA) is 44.8 Å². The lowest BCUT2D eigenvalue weighted by molar-refractivity contribution is -0.179. The third-order valence-electron chi connectivity index (χ3n) is 5.96. The Morgan fingerprint density at radius 1 is 0.906 bits per heavy atom. The van der Waals surface area contributed by atoms with E-state index in [1.54, 1.807) is 0 Å². The summed E-state index contributed by atoms with van der Waals surface area (Å²) in [5.74, 6) is -0.611. The maximum atomic E-state index is 12.9. The maximum absolute atomic E-state index is 12.9. The highest BCUT2D eigenvalue weighted by Crippen LogP contribution is 2.35. The van der Waals surface area contributed by atoms with Crippen LogP contribution in [0.5, 0.6) is 0 Å². The van der Waals surface area contributed by atoms with Crippen LogP contribution in [0.25, 0.3) is 33.4 Å². The van der Waals surface area contributed by atoms with E-state index < -0.39 is 12.1 Å². The van der Waals surface area contributed by atoms with Crippen molar-refractivity contribution in [2.45, 2.75) is 19.0 Å². The van der Waals surface area contributed by atoms with Crippen molar-refractivity contribution in [3.05, 3.63) is 65.8 Å². The lowest BCUT2D eigenvalue weighted by Gasteiger charge is -2.32. The van der Waals surface area contributed by atoms with Crippen LogP contribution < -0.4 is 4.90 Å². The molecule has 1 N–H and O–H groups in total. The Morgan fingerprint density at radius 3 is 2.25 bits per heavy atom. The van der Waals surface area contributed by atoms with Crippen molar-refractivity contribution >= 4 is 28.6 Å². The highest BCUT2D eigenvalue weighted by molar-refractivity contribution is 6.30. The monoisotopic (exact) mass is 456 g/mol. The molecule has 0 aliphatic carbocycles. The van der Waals surface area contributed by atoms with Gasteiger partial charge in [0.15, 0.2) is 0 Å². The molecule has 1 saturated heterocycles. The number of H-pyrrole nitrogens is 1. The Kier molecular flexibility index (Phi) is 5.29. The zero-order chi connectivity index (χ0) is 22.3. The second-order valence-electron chi connectivity index (χ2n) is 8.03. The van der Waals surface area contributed by atoms with Gasteiger partial charge in [-0.15, -0.1) is 0 Å². The number of alkyl halides is 3. The van der Waals surface area contributed by atoms with Gasteiger partial charge in [-0.3, -0.25) is 4.98 Å². The van der Waals surface area contributed by atoms with Gasteiger partial charge in [0, 0.05) is 35.4 Å². The summed E-state index contributed by atoms with van der Waals surface area (Å²) in [7, 11) is 0. The Bertz CT molecular complexity index is 1230. The number of halogens is 4.